The van der Waals surface area contributed by atoms with Gasteiger partial charge in [0.05, 0.1) is 0 Å². The highest BCUT2D eigenvalue weighted by Crippen LogP contribution is 2.15. The van der Waals surface area contributed by atoms with Crippen LogP contribution in [0.3, 0.4) is 0 Å². The van der Waals surface area contributed by atoms with Gasteiger partial charge in [-0.15, -0.1) is 12.3 Å². The van der Waals surface area contributed by atoms with E-state index in [9.17, 15) is 9.59 Å². The summed E-state index contributed by atoms with van der Waals surface area (Å²) in [4.78, 5) is 24.3. The Balaban J connectivity index is 2.47. The number of aliphatic carboxylic acids is 1. The predicted molar refractivity (Wildman–Crippen MR) is 63.4 cm³/mol. The van der Waals surface area contributed by atoms with Gasteiger partial charge < -0.3 is 15.3 Å². The fourth-order valence-corrected chi connectivity index (χ4v) is 1.77. The number of nitrogens with zero attached hydrogens (tertiary/aromatic N) is 1. The molecule has 0 radical (unpaired) electrons. The van der Waals surface area contributed by atoms with E-state index in [-0.39, 0.29) is 12.5 Å². The number of piperidine rings is 1. The first-order chi connectivity index (χ1) is 8.04. The molecule has 1 unspecified atom stereocenters. The zero-order valence-corrected chi connectivity index (χ0v) is 9.98. The van der Waals surface area contributed by atoms with Crippen LogP contribution >= 0.6 is 0 Å². The van der Waals surface area contributed by atoms with E-state index in [1.54, 1.807) is 4.90 Å². The molecule has 1 saturated heterocycles. The third-order valence-electron chi connectivity index (χ3n) is 2.99. The van der Waals surface area contributed by atoms with Crippen LogP contribution in [0.2, 0.25) is 0 Å². The standard InChI is InChI=1S/C12H18N2O3/c1-3-4-10(11(15)16)13-12(17)14-7-5-9(2)6-8-14/h1,9-10H,4-8H2,2H3,(H,13,17)(H,15,16). The Bertz CT molecular complexity index is 327. The molecule has 94 valence electrons. The summed E-state index contributed by atoms with van der Waals surface area (Å²) < 4.78 is 0. The number of hydrogen-bond donors (Lipinski definition) is 2. The van der Waals surface area contributed by atoms with Gasteiger partial charge in [0.1, 0.15) is 6.04 Å². The van der Waals surface area contributed by atoms with Gasteiger partial charge in [0.15, 0.2) is 0 Å². The molecule has 1 fully saturated rings. The Morgan fingerprint density at radius 1 is 1.53 bits per heavy atom. The maximum Gasteiger partial charge on any atom is 0.327 e. The van der Waals surface area contributed by atoms with E-state index in [2.05, 4.69) is 18.2 Å². The summed E-state index contributed by atoms with van der Waals surface area (Å²) in [7, 11) is 0. The van der Waals surface area contributed by atoms with Crippen LogP contribution in [0.15, 0.2) is 0 Å². The molecule has 0 bridgehead atoms. The predicted octanol–water partition coefficient (Wildman–Crippen LogP) is 0.904. The van der Waals surface area contributed by atoms with Crippen LogP contribution in [0.25, 0.3) is 0 Å². The minimum absolute atomic E-state index is 0.00527. The number of rotatable bonds is 3. The Hall–Kier alpha value is -1.70. The number of likely N-dealkylation sites (tertiary alicyclic amines) is 1. The number of carboxylic acids is 1. The van der Waals surface area contributed by atoms with Crippen LogP contribution in [-0.2, 0) is 4.79 Å². The van der Waals surface area contributed by atoms with Gasteiger partial charge in [-0.25, -0.2) is 9.59 Å². The van der Waals surface area contributed by atoms with Crippen LogP contribution in [0, 0.1) is 18.3 Å². The molecule has 2 amide bonds. The van der Waals surface area contributed by atoms with Crippen molar-refractivity contribution in [2.45, 2.75) is 32.2 Å². The summed E-state index contributed by atoms with van der Waals surface area (Å²) in [5, 5.41) is 11.3. The zero-order valence-electron chi connectivity index (χ0n) is 9.98. The Kier molecular flexibility index (Phi) is 4.83. The van der Waals surface area contributed by atoms with E-state index in [1.807, 2.05) is 0 Å². The molecule has 1 rings (SSSR count). The number of carbonyl (C=O) groups excluding carboxylic acids is 1. The fourth-order valence-electron chi connectivity index (χ4n) is 1.77. The zero-order chi connectivity index (χ0) is 12.8. The van der Waals surface area contributed by atoms with Gasteiger partial charge in [0.2, 0.25) is 0 Å². The van der Waals surface area contributed by atoms with Gasteiger partial charge >= 0.3 is 12.0 Å². The number of amides is 2. The lowest BCUT2D eigenvalue weighted by molar-refractivity contribution is -0.139. The number of urea groups is 1. The average molecular weight is 238 g/mol. The quantitative estimate of drug-likeness (QED) is 0.718. The minimum Gasteiger partial charge on any atom is -0.480 e. The summed E-state index contributed by atoms with van der Waals surface area (Å²) in [6, 6.07) is -1.33. The van der Waals surface area contributed by atoms with E-state index in [0.29, 0.717) is 19.0 Å². The molecule has 5 nitrogen and oxygen atoms in total. The van der Waals surface area contributed by atoms with Crippen LogP contribution in [-0.4, -0.2) is 41.1 Å². The third-order valence-corrected chi connectivity index (χ3v) is 2.99. The van der Waals surface area contributed by atoms with Gasteiger partial charge in [0, 0.05) is 19.5 Å². The first kappa shape index (κ1) is 13.4. The van der Waals surface area contributed by atoms with E-state index >= 15 is 0 Å². The molecular formula is C12H18N2O3. The molecule has 1 aliphatic rings. The highest BCUT2D eigenvalue weighted by Gasteiger charge is 2.24. The van der Waals surface area contributed by atoms with Crippen LogP contribution in [0.1, 0.15) is 26.2 Å². The van der Waals surface area contributed by atoms with E-state index in [4.69, 9.17) is 11.5 Å². The summed E-state index contributed by atoms with van der Waals surface area (Å²) in [5.41, 5.74) is 0. The lowest BCUT2D eigenvalue weighted by atomic mass is 10.00. The van der Waals surface area contributed by atoms with Gasteiger partial charge in [-0.2, -0.15) is 0 Å². The first-order valence-corrected chi connectivity index (χ1v) is 5.76. The molecule has 0 aliphatic carbocycles. The molecule has 1 heterocycles. The molecular weight excluding hydrogens is 220 g/mol. The van der Waals surface area contributed by atoms with Crippen molar-refractivity contribution >= 4 is 12.0 Å². The molecule has 2 N–H and O–H groups in total. The summed E-state index contributed by atoms with van der Waals surface area (Å²) in [5.74, 6) is 1.78. The smallest absolute Gasteiger partial charge is 0.327 e. The van der Waals surface area contributed by atoms with Crippen molar-refractivity contribution in [1.82, 2.24) is 10.2 Å². The molecule has 0 aromatic rings. The molecule has 0 saturated carbocycles. The Labute approximate surface area is 101 Å². The van der Waals surface area contributed by atoms with Gasteiger partial charge in [-0.3, -0.25) is 0 Å². The van der Waals surface area contributed by atoms with Crippen molar-refractivity contribution in [3.8, 4) is 12.3 Å². The first-order valence-electron chi connectivity index (χ1n) is 5.76. The van der Waals surface area contributed by atoms with Crippen molar-refractivity contribution in [2.24, 2.45) is 5.92 Å². The van der Waals surface area contributed by atoms with Gasteiger partial charge in [0.25, 0.3) is 0 Å². The Morgan fingerprint density at radius 2 is 2.12 bits per heavy atom. The topological polar surface area (TPSA) is 69.6 Å². The fraction of sp³-hybridized carbons (Fsp3) is 0.667. The number of carboxylic acid groups (broad SMARTS) is 1. The molecule has 17 heavy (non-hydrogen) atoms. The van der Waals surface area contributed by atoms with Gasteiger partial charge in [-0.1, -0.05) is 6.92 Å². The second kappa shape index (κ2) is 6.14. The van der Waals surface area contributed by atoms with Gasteiger partial charge in [-0.05, 0) is 18.8 Å². The van der Waals surface area contributed by atoms with Crippen LogP contribution in [0.5, 0.6) is 0 Å². The van der Waals surface area contributed by atoms with Crippen molar-refractivity contribution in [2.75, 3.05) is 13.1 Å². The monoisotopic (exact) mass is 238 g/mol. The molecule has 0 aromatic heterocycles. The second-order valence-corrected chi connectivity index (χ2v) is 4.42. The van der Waals surface area contributed by atoms with E-state index < -0.39 is 12.0 Å². The minimum atomic E-state index is -1.10. The van der Waals surface area contributed by atoms with Crippen molar-refractivity contribution in [3.63, 3.8) is 0 Å². The number of nitrogens with one attached hydrogen (secondary N) is 1. The summed E-state index contributed by atoms with van der Waals surface area (Å²) >= 11 is 0. The van der Waals surface area contributed by atoms with E-state index in [0.717, 1.165) is 12.8 Å². The maximum atomic E-state index is 11.8. The average Bonchev–Trinajstić information content (AvgIpc) is 2.29. The van der Waals surface area contributed by atoms with Crippen LogP contribution < -0.4 is 5.32 Å². The highest BCUT2D eigenvalue weighted by atomic mass is 16.4. The molecule has 0 aromatic carbocycles. The second-order valence-electron chi connectivity index (χ2n) is 4.42. The third kappa shape index (κ3) is 3.99. The van der Waals surface area contributed by atoms with Crippen molar-refractivity contribution in [1.29, 1.82) is 0 Å². The normalized spacial score (nSPS) is 18.2. The SMILES string of the molecule is C#CCC(NC(=O)N1CCC(C)CC1)C(=O)O. The number of hydrogen-bond acceptors (Lipinski definition) is 2. The lowest BCUT2D eigenvalue weighted by Crippen LogP contribution is -2.49. The van der Waals surface area contributed by atoms with E-state index in [1.165, 1.54) is 0 Å². The maximum absolute atomic E-state index is 11.8. The largest absolute Gasteiger partial charge is 0.480 e. The number of terminal acetylenes is 1. The Morgan fingerprint density at radius 3 is 2.59 bits per heavy atom. The molecule has 0 spiro atoms. The van der Waals surface area contributed by atoms with Crippen molar-refractivity contribution < 1.29 is 14.7 Å². The number of carbonyl (C=O) groups is 2. The summed E-state index contributed by atoms with van der Waals surface area (Å²) in [6.45, 7) is 3.50. The molecule has 1 aliphatic heterocycles. The molecule has 1 atom stereocenters. The molecule has 5 heteroatoms. The lowest BCUT2D eigenvalue weighted by Gasteiger charge is -2.31. The van der Waals surface area contributed by atoms with Crippen molar-refractivity contribution in [3.05, 3.63) is 0 Å². The van der Waals surface area contributed by atoms with Crippen LogP contribution in [0.4, 0.5) is 4.79 Å². The summed E-state index contributed by atoms with van der Waals surface area (Å²) in [6.07, 6.45) is 6.98. The highest BCUT2D eigenvalue weighted by molar-refractivity contribution is 5.82.